The van der Waals surface area contributed by atoms with Crippen LogP contribution < -0.4 is 14.4 Å². The number of rotatable bonds is 9. The van der Waals surface area contributed by atoms with E-state index in [-0.39, 0.29) is 24.7 Å². The number of halogens is 4. The molecule has 1 N–H and O–H groups in total. The molecule has 3 aromatic carbocycles. The highest BCUT2D eigenvalue weighted by Crippen LogP contribution is 2.32. The van der Waals surface area contributed by atoms with E-state index in [0.717, 1.165) is 24.0 Å². The molecule has 1 amide bonds. The molecule has 0 aliphatic carbocycles. The van der Waals surface area contributed by atoms with E-state index in [1.54, 1.807) is 36.4 Å². The summed E-state index contributed by atoms with van der Waals surface area (Å²) in [4.78, 5) is 12.4. The van der Waals surface area contributed by atoms with Crippen molar-refractivity contribution in [1.29, 1.82) is 0 Å². The fourth-order valence-electron chi connectivity index (χ4n) is 3.08. The van der Waals surface area contributed by atoms with Gasteiger partial charge in [-0.15, -0.1) is 0 Å². The van der Waals surface area contributed by atoms with Gasteiger partial charge in [-0.2, -0.15) is 13.2 Å². The second kappa shape index (κ2) is 10.8. The smallest absolute Gasteiger partial charge is 0.416 e. The minimum absolute atomic E-state index is 0.0667. The number of carbonyl (C=O) groups excluding carboxylic acids is 1. The Kier molecular flexibility index (Phi) is 8.00. The first-order chi connectivity index (χ1) is 16.4. The molecule has 0 fully saturated rings. The second-order valence-corrected chi connectivity index (χ2v) is 9.56. The zero-order chi connectivity index (χ0) is 25.6. The van der Waals surface area contributed by atoms with E-state index in [9.17, 15) is 30.8 Å². The lowest BCUT2D eigenvalue weighted by atomic mass is 10.2. The predicted molar refractivity (Wildman–Crippen MR) is 123 cm³/mol. The maximum Gasteiger partial charge on any atom is 0.416 e. The van der Waals surface area contributed by atoms with Gasteiger partial charge in [0.2, 0.25) is 15.9 Å². The number of amides is 1. The minimum atomic E-state index is -4.66. The summed E-state index contributed by atoms with van der Waals surface area (Å²) in [6.07, 6.45) is -3.85. The molecule has 0 bridgehead atoms. The maximum absolute atomic E-state index is 13.0. The van der Waals surface area contributed by atoms with E-state index < -0.39 is 34.2 Å². The molecule has 186 valence electrons. The Balaban J connectivity index is 1.58. The Hall–Kier alpha value is -3.60. The summed E-state index contributed by atoms with van der Waals surface area (Å²) in [7, 11) is -4.03. The first-order valence-electron chi connectivity index (χ1n) is 10.3. The van der Waals surface area contributed by atoms with Crippen molar-refractivity contribution in [1.82, 2.24) is 5.32 Å². The highest BCUT2D eigenvalue weighted by Gasteiger charge is 2.32. The molecule has 3 rings (SSSR count). The standard InChI is InChI=1S/C24H22F4N2O4S/c1-35(32,33)30(21-4-2-3-19(13-21)24(26,27)28)15-23(31)29-14-17-7-11-22(12-8-17)34-16-18-5-9-20(25)10-6-18/h2-13H,14-16H2,1H3,(H,29,31). The SMILES string of the molecule is CS(=O)(=O)N(CC(=O)NCc1ccc(OCc2ccc(F)cc2)cc1)c1cccc(C(F)(F)F)c1. The average molecular weight is 511 g/mol. The summed E-state index contributed by atoms with van der Waals surface area (Å²) in [5.41, 5.74) is 0.197. The number of sulfonamides is 1. The normalized spacial score (nSPS) is 11.7. The number of nitrogens with zero attached hydrogens (tertiary/aromatic N) is 1. The third kappa shape index (κ3) is 7.71. The molecule has 0 radical (unpaired) electrons. The molecule has 11 heteroatoms. The minimum Gasteiger partial charge on any atom is -0.489 e. The van der Waals surface area contributed by atoms with Crippen molar-refractivity contribution in [2.75, 3.05) is 17.1 Å². The average Bonchev–Trinajstić information content (AvgIpc) is 2.80. The molecule has 0 aliphatic heterocycles. The lowest BCUT2D eigenvalue weighted by molar-refractivity contribution is -0.137. The van der Waals surface area contributed by atoms with Gasteiger partial charge in [-0.25, -0.2) is 12.8 Å². The van der Waals surface area contributed by atoms with Crippen molar-refractivity contribution < 1.29 is 35.5 Å². The van der Waals surface area contributed by atoms with E-state index in [4.69, 9.17) is 4.74 Å². The van der Waals surface area contributed by atoms with Crippen LogP contribution in [0.15, 0.2) is 72.8 Å². The highest BCUT2D eigenvalue weighted by molar-refractivity contribution is 7.92. The van der Waals surface area contributed by atoms with Crippen LogP contribution in [0.1, 0.15) is 16.7 Å². The van der Waals surface area contributed by atoms with Crippen molar-refractivity contribution in [3.05, 3.63) is 95.3 Å². The van der Waals surface area contributed by atoms with Crippen molar-refractivity contribution in [2.45, 2.75) is 19.3 Å². The molecular formula is C24H22F4N2O4S. The molecule has 0 aliphatic rings. The van der Waals surface area contributed by atoms with E-state index in [1.165, 1.54) is 18.2 Å². The molecule has 35 heavy (non-hydrogen) atoms. The number of alkyl halides is 3. The number of anilines is 1. The van der Waals surface area contributed by atoms with Gasteiger partial charge in [-0.3, -0.25) is 9.10 Å². The topological polar surface area (TPSA) is 75.7 Å². The van der Waals surface area contributed by atoms with Crippen LogP contribution >= 0.6 is 0 Å². The van der Waals surface area contributed by atoms with Gasteiger partial charge in [0.25, 0.3) is 0 Å². The molecule has 0 saturated heterocycles. The Morgan fingerprint density at radius 3 is 2.20 bits per heavy atom. The Bertz CT molecular complexity index is 1260. The van der Waals surface area contributed by atoms with Crippen LogP contribution in [0.2, 0.25) is 0 Å². The van der Waals surface area contributed by atoms with Crippen molar-refractivity contribution in [3.8, 4) is 5.75 Å². The molecule has 0 spiro atoms. The fraction of sp³-hybridized carbons (Fsp3) is 0.208. The fourth-order valence-corrected chi connectivity index (χ4v) is 3.92. The summed E-state index contributed by atoms with van der Waals surface area (Å²) in [5, 5.41) is 2.56. The number of ether oxygens (including phenoxy) is 1. The van der Waals surface area contributed by atoms with Gasteiger partial charge in [0.15, 0.2) is 0 Å². The lowest BCUT2D eigenvalue weighted by Crippen LogP contribution is -2.40. The van der Waals surface area contributed by atoms with Crippen LogP contribution in [0, 0.1) is 5.82 Å². The molecule has 6 nitrogen and oxygen atoms in total. The van der Waals surface area contributed by atoms with Crippen molar-refractivity contribution in [3.63, 3.8) is 0 Å². The summed E-state index contributed by atoms with van der Waals surface area (Å²) in [6.45, 7) is -0.372. The van der Waals surface area contributed by atoms with Crippen LogP contribution in [0.5, 0.6) is 5.75 Å². The van der Waals surface area contributed by atoms with E-state index in [1.807, 2.05) is 0 Å². The molecular weight excluding hydrogens is 488 g/mol. The van der Waals surface area contributed by atoms with Crippen molar-refractivity contribution >= 4 is 21.6 Å². The Morgan fingerprint density at radius 2 is 1.60 bits per heavy atom. The maximum atomic E-state index is 13.0. The predicted octanol–water partition coefficient (Wildman–Crippen LogP) is 4.51. The number of hydrogen-bond acceptors (Lipinski definition) is 4. The zero-order valence-corrected chi connectivity index (χ0v) is 19.4. The second-order valence-electron chi connectivity index (χ2n) is 7.65. The Labute approximate surface area is 200 Å². The van der Waals surface area contributed by atoms with Crippen LogP contribution in [-0.2, 0) is 34.1 Å². The summed E-state index contributed by atoms with van der Waals surface area (Å²) in [6, 6.07) is 16.4. The number of carbonyl (C=O) groups is 1. The van der Waals surface area contributed by atoms with E-state index in [2.05, 4.69) is 5.32 Å². The molecule has 0 atom stereocenters. The number of benzene rings is 3. The molecule has 0 aromatic heterocycles. The third-order valence-electron chi connectivity index (χ3n) is 4.88. The van der Waals surface area contributed by atoms with Crippen LogP contribution in [0.4, 0.5) is 23.2 Å². The molecule has 0 saturated carbocycles. The van der Waals surface area contributed by atoms with Crippen molar-refractivity contribution in [2.24, 2.45) is 0 Å². The van der Waals surface area contributed by atoms with Gasteiger partial charge in [-0.1, -0.05) is 30.3 Å². The number of hydrogen-bond donors (Lipinski definition) is 1. The first-order valence-corrected chi connectivity index (χ1v) is 12.1. The van der Waals surface area contributed by atoms with Gasteiger partial charge in [0.1, 0.15) is 24.7 Å². The van der Waals surface area contributed by atoms with Gasteiger partial charge >= 0.3 is 6.18 Å². The summed E-state index contributed by atoms with van der Waals surface area (Å²) >= 11 is 0. The quantitative estimate of drug-likeness (QED) is 0.430. The number of nitrogens with one attached hydrogen (secondary N) is 1. The van der Waals surface area contributed by atoms with E-state index >= 15 is 0 Å². The first kappa shape index (κ1) is 26.0. The van der Waals surface area contributed by atoms with Gasteiger partial charge in [0.05, 0.1) is 17.5 Å². The largest absolute Gasteiger partial charge is 0.489 e. The summed E-state index contributed by atoms with van der Waals surface area (Å²) < 4.78 is 82.5. The van der Waals surface area contributed by atoms with E-state index in [0.29, 0.717) is 21.7 Å². The zero-order valence-electron chi connectivity index (χ0n) is 18.5. The molecule has 0 unspecified atom stereocenters. The van der Waals surface area contributed by atoms with Crippen LogP contribution in [0.25, 0.3) is 0 Å². The highest BCUT2D eigenvalue weighted by atomic mass is 32.2. The van der Waals surface area contributed by atoms with Gasteiger partial charge in [-0.05, 0) is 53.6 Å². The van der Waals surface area contributed by atoms with Gasteiger partial charge in [0, 0.05) is 6.54 Å². The monoisotopic (exact) mass is 510 g/mol. The summed E-state index contributed by atoms with van der Waals surface area (Å²) in [5.74, 6) is -0.476. The Morgan fingerprint density at radius 1 is 0.971 bits per heavy atom. The molecule has 3 aromatic rings. The molecule has 0 heterocycles. The lowest BCUT2D eigenvalue weighted by Gasteiger charge is -2.22. The van der Waals surface area contributed by atoms with Gasteiger partial charge < -0.3 is 10.1 Å². The van der Waals surface area contributed by atoms with Crippen LogP contribution in [0.3, 0.4) is 0 Å². The third-order valence-corrected chi connectivity index (χ3v) is 6.02. The van der Waals surface area contributed by atoms with Crippen LogP contribution in [-0.4, -0.2) is 27.1 Å².